The van der Waals surface area contributed by atoms with E-state index in [0.29, 0.717) is 116 Å². The third-order valence-electron chi connectivity index (χ3n) is 18.6. The average molecular weight is 1080 g/mol. The topological polar surface area (TPSA) is 186 Å². The number of terminal acetylenes is 1. The molecule has 7 aliphatic rings. The number of nitrogens with two attached hydrogens (primary N) is 1. The second-order valence-electron chi connectivity index (χ2n) is 23.2. The number of ether oxygens (including phenoxy) is 3. The number of halogens is 2. The highest BCUT2D eigenvalue weighted by atomic mass is 19.1. The molecule has 0 radical (unpaired) electrons. The first-order chi connectivity index (χ1) is 38.4. The molecule has 17 nitrogen and oxygen atoms in total. The second-order valence-corrected chi connectivity index (χ2v) is 23.2. The predicted octanol–water partition coefficient (Wildman–Crippen LogP) is 8.17. The summed E-state index contributed by atoms with van der Waals surface area (Å²) < 4.78 is 53.5. The van der Waals surface area contributed by atoms with Crippen LogP contribution in [0.15, 0.2) is 42.5 Å². The fraction of sp³-hybridized carbons (Fsp3) is 0.517. The van der Waals surface area contributed by atoms with E-state index in [1.54, 1.807) is 18.2 Å². The van der Waals surface area contributed by atoms with Gasteiger partial charge in [0.15, 0.2) is 5.82 Å². The minimum absolute atomic E-state index is 0.00690. The van der Waals surface area contributed by atoms with E-state index in [1.807, 2.05) is 16.6 Å². The van der Waals surface area contributed by atoms with Crippen LogP contribution in [0.1, 0.15) is 106 Å². The van der Waals surface area contributed by atoms with Crippen LogP contribution in [-0.2, 0) is 32.5 Å². The standard InChI is InChI=1S/C60H67F2N11O6/c1-3-42-46(61)11-6-37-29-38(63)30-45(50(37)42)54-52(62)55-51-47(64-54)12-8-40-32-77-27-5-21-72(40)56(51)67-58(66-55)79-34-60-19-4-22-73(60)41(14-20-60)33-78-59(76)71-25-17-36(18-26-71)28-35-15-23-70(24-16-35)39-7-9-43-48(31-39)69(2)68-53(43)44-10-13-49(74)65-57(44)75/h1,6-7,9,11,29-31,35-36,40-41,44H,4-5,8,10,12-28,32-34,63H2,2H3,(H,65,74,75)/t40-,41-,44?,60-/m0/s1. The van der Waals surface area contributed by atoms with E-state index in [-0.39, 0.29) is 64.9 Å². The molecule has 79 heavy (non-hydrogen) atoms. The summed E-state index contributed by atoms with van der Waals surface area (Å²) in [5.41, 5.74) is 10.3. The Kier molecular flexibility index (Phi) is 13.5. The Bertz CT molecular complexity index is 3460. The van der Waals surface area contributed by atoms with Gasteiger partial charge in [-0.2, -0.15) is 15.1 Å². The van der Waals surface area contributed by atoms with Gasteiger partial charge in [-0.1, -0.05) is 12.0 Å². The third-order valence-corrected chi connectivity index (χ3v) is 18.6. The number of nitrogens with one attached hydrogen (secondary N) is 1. The summed E-state index contributed by atoms with van der Waals surface area (Å²) in [7, 11) is 1.91. The van der Waals surface area contributed by atoms with Gasteiger partial charge < -0.3 is 34.6 Å². The van der Waals surface area contributed by atoms with Gasteiger partial charge in [-0.25, -0.2) is 18.6 Å². The van der Waals surface area contributed by atoms with Gasteiger partial charge in [0.2, 0.25) is 11.8 Å². The number of pyridine rings is 1. The Morgan fingerprint density at radius 2 is 1.73 bits per heavy atom. The molecule has 19 heteroatoms. The molecule has 13 rings (SSSR count). The summed E-state index contributed by atoms with van der Waals surface area (Å²) in [6, 6.07) is 12.6. The number of hydrogen-bond donors (Lipinski definition) is 2. The van der Waals surface area contributed by atoms with Gasteiger partial charge in [0.1, 0.15) is 36.1 Å². The van der Waals surface area contributed by atoms with Gasteiger partial charge in [0.05, 0.1) is 52.0 Å². The van der Waals surface area contributed by atoms with Gasteiger partial charge in [-0.3, -0.25) is 24.5 Å². The number of nitrogen functional groups attached to an aromatic ring is 1. The molecule has 3 aromatic heterocycles. The van der Waals surface area contributed by atoms with E-state index >= 15 is 8.78 Å². The normalized spacial score (nSPS) is 24.1. The number of hydrogen-bond acceptors (Lipinski definition) is 14. The van der Waals surface area contributed by atoms with E-state index in [0.717, 1.165) is 99.7 Å². The molecule has 0 saturated carbocycles. The second kappa shape index (κ2) is 20.8. The largest absolute Gasteiger partial charge is 0.461 e. The monoisotopic (exact) mass is 1080 g/mol. The number of amides is 3. The number of nitrogens with zero attached hydrogens (tertiary/aromatic N) is 9. The van der Waals surface area contributed by atoms with Crippen LogP contribution >= 0.6 is 0 Å². The van der Waals surface area contributed by atoms with E-state index < -0.39 is 17.6 Å². The van der Waals surface area contributed by atoms with Crippen molar-refractivity contribution in [2.75, 3.05) is 81.2 Å². The van der Waals surface area contributed by atoms with Crippen molar-refractivity contribution < 1.29 is 37.4 Å². The maximum absolute atomic E-state index is 17.5. The lowest BCUT2D eigenvalue weighted by molar-refractivity contribution is -0.134. The molecular formula is C60H67F2N11O6. The first kappa shape index (κ1) is 51.3. The number of carbonyl (C=O) groups is 3. The number of aryl methyl sites for hydroxylation is 2. The Morgan fingerprint density at radius 1 is 0.911 bits per heavy atom. The number of anilines is 3. The molecule has 3 N–H and O–H groups in total. The number of imide groups is 1. The number of rotatable bonds is 10. The Morgan fingerprint density at radius 3 is 2.54 bits per heavy atom. The van der Waals surface area contributed by atoms with Crippen LogP contribution in [0.25, 0.3) is 43.8 Å². The van der Waals surface area contributed by atoms with Crippen molar-refractivity contribution in [2.45, 2.75) is 113 Å². The molecule has 7 aliphatic heterocycles. The lowest BCUT2D eigenvalue weighted by Crippen LogP contribution is -2.48. The Labute approximate surface area is 457 Å². The molecule has 0 bridgehead atoms. The summed E-state index contributed by atoms with van der Waals surface area (Å²) in [5.74, 6) is 2.04. The zero-order chi connectivity index (χ0) is 54.1. The highest BCUT2D eigenvalue weighted by Crippen LogP contribution is 2.45. The third kappa shape index (κ3) is 9.41. The highest BCUT2D eigenvalue weighted by molar-refractivity contribution is 6.05. The van der Waals surface area contributed by atoms with Gasteiger partial charge in [-0.15, -0.1) is 6.42 Å². The van der Waals surface area contributed by atoms with Crippen LogP contribution in [-0.4, -0.2) is 136 Å². The van der Waals surface area contributed by atoms with Crippen LogP contribution in [0.3, 0.4) is 0 Å². The van der Waals surface area contributed by atoms with Gasteiger partial charge in [0, 0.05) is 86.6 Å². The fourth-order valence-corrected chi connectivity index (χ4v) is 14.5. The number of aromatic nitrogens is 5. The molecular weight excluding hydrogens is 1010 g/mol. The van der Waals surface area contributed by atoms with Crippen LogP contribution in [0.5, 0.6) is 6.01 Å². The summed E-state index contributed by atoms with van der Waals surface area (Å²) in [5, 5.41) is 9.62. The van der Waals surface area contributed by atoms with Crippen molar-refractivity contribution in [2.24, 2.45) is 18.9 Å². The average Bonchev–Trinajstić information content (AvgIpc) is 4.25. The van der Waals surface area contributed by atoms with Gasteiger partial charge in [0.25, 0.3) is 0 Å². The quantitative estimate of drug-likeness (QED) is 0.0760. The van der Waals surface area contributed by atoms with Crippen molar-refractivity contribution in [3.63, 3.8) is 0 Å². The van der Waals surface area contributed by atoms with Crippen molar-refractivity contribution in [3.8, 4) is 29.6 Å². The zero-order valence-electron chi connectivity index (χ0n) is 44.8. The molecule has 3 aromatic carbocycles. The summed E-state index contributed by atoms with van der Waals surface area (Å²) >= 11 is 0. The van der Waals surface area contributed by atoms with Crippen LogP contribution in [0.2, 0.25) is 0 Å². The molecule has 0 aliphatic carbocycles. The van der Waals surface area contributed by atoms with Crippen LogP contribution < -0.4 is 25.6 Å². The maximum Gasteiger partial charge on any atom is 0.409 e. The first-order valence-corrected chi connectivity index (χ1v) is 28.5. The molecule has 3 amide bonds. The van der Waals surface area contributed by atoms with Crippen molar-refractivity contribution >= 4 is 67.7 Å². The fourth-order valence-electron chi connectivity index (χ4n) is 14.5. The molecule has 6 fully saturated rings. The van der Waals surface area contributed by atoms with E-state index in [2.05, 4.69) is 44.1 Å². The lowest BCUT2D eigenvalue weighted by Gasteiger charge is -2.37. The Balaban J connectivity index is 0.639. The van der Waals surface area contributed by atoms with Gasteiger partial charge in [-0.05, 0) is 144 Å². The Hall–Kier alpha value is -7.17. The van der Waals surface area contributed by atoms with Crippen LogP contribution in [0.4, 0.5) is 30.8 Å². The summed E-state index contributed by atoms with van der Waals surface area (Å²) in [6.07, 6.45) is 17.3. The molecule has 10 heterocycles. The molecule has 6 saturated heterocycles. The van der Waals surface area contributed by atoms with Gasteiger partial charge >= 0.3 is 12.1 Å². The molecule has 4 atom stereocenters. The number of piperidine rings is 3. The number of benzene rings is 3. The maximum atomic E-state index is 17.5. The molecule has 6 aromatic rings. The minimum atomic E-state index is -0.691. The molecule has 412 valence electrons. The van der Waals surface area contributed by atoms with E-state index in [1.165, 1.54) is 12.5 Å². The number of likely N-dealkylation sites (tertiary alicyclic amines) is 1. The zero-order valence-corrected chi connectivity index (χ0v) is 44.8. The first-order valence-electron chi connectivity index (χ1n) is 28.5. The smallest absolute Gasteiger partial charge is 0.409 e. The summed E-state index contributed by atoms with van der Waals surface area (Å²) in [4.78, 5) is 61.9. The molecule has 1 unspecified atom stereocenters. The summed E-state index contributed by atoms with van der Waals surface area (Å²) in [6.45, 7) is 6.54. The van der Waals surface area contributed by atoms with E-state index in [9.17, 15) is 14.4 Å². The van der Waals surface area contributed by atoms with E-state index in [4.69, 9.17) is 46.4 Å². The van der Waals surface area contributed by atoms with Crippen molar-refractivity contribution in [1.82, 2.24) is 39.8 Å². The lowest BCUT2D eigenvalue weighted by atomic mass is 9.83. The SMILES string of the molecule is C#Cc1c(F)ccc2cc(N)cc(-c3nc4c5c(nc(OC[C@@]67CCCN6[C@H](COC(=O)N6CCC(CC8CCN(c9ccc%10c(C%11CCC(=O)NC%11=O)nn(C)c%10c9)CC8)CC6)CC7)nc5c3F)N3CCCOC[C@@H]3CC4)c12. The van der Waals surface area contributed by atoms with Crippen LogP contribution in [0, 0.1) is 35.8 Å². The number of fused-ring (bicyclic) bond motifs is 5. The van der Waals surface area contributed by atoms with Crippen molar-refractivity contribution in [3.05, 3.63) is 71.1 Å². The predicted molar refractivity (Wildman–Crippen MR) is 296 cm³/mol. The highest BCUT2D eigenvalue weighted by Gasteiger charge is 2.50. The van der Waals surface area contributed by atoms with Crippen molar-refractivity contribution in [1.29, 1.82) is 0 Å². The minimum Gasteiger partial charge on any atom is -0.461 e. The molecule has 0 spiro atoms. The number of carbonyl (C=O) groups excluding carboxylic acids is 3.